The van der Waals surface area contributed by atoms with Crippen molar-refractivity contribution in [2.75, 3.05) is 6.61 Å². The fourth-order valence-corrected chi connectivity index (χ4v) is 3.82. The van der Waals surface area contributed by atoms with Gasteiger partial charge in [-0.25, -0.2) is 0 Å². The highest BCUT2D eigenvalue weighted by molar-refractivity contribution is 7.09. The van der Waals surface area contributed by atoms with Crippen molar-refractivity contribution in [1.29, 1.82) is 0 Å². The molecule has 4 rings (SSSR count). The van der Waals surface area contributed by atoms with Crippen LogP contribution in [0, 0.1) is 6.92 Å². The van der Waals surface area contributed by atoms with Crippen LogP contribution in [0.15, 0.2) is 29.9 Å². The molecule has 6 nitrogen and oxygen atoms in total. The van der Waals surface area contributed by atoms with Crippen LogP contribution in [0.2, 0.25) is 0 Å². The Morgan fingerprint density at radius 2 is 2.45 bits per heavy atom. The second kappa shape index (κ2) is 5.75. The van der Waals surface area contributed by atoms with Crippen LogP contribution < -0.4 is 5.32 Å². The van der Waals surface area contributed by atoms with Crippen molar-refractivity contribution in [3.63, 3.8) is 0 Å². The topological polar surface area (TPSA) is 68.5 Å². The molecule has 22 heavy (non-hydrogen) atoms. The summed E-state index contributed by atoms with van der Waals surface area (Å²) in [5, 5.41) is 20.6. The normalized spacial score (nSPS) is 34.2. The van der Waals surface area contributed by atoms with Crippen molar-refractivity contribution < 1.29 is 14.6 Å². The van der Waals surface area contributed by atoms with Gasteiger partial charge in [0, 0.05) is 17.6 Å². The first-order valence-corrected chi connectivity index (χ1v) is 8.32. The lowest BCUT2D eigenvalue weighted by atomic mass is 9.96. The Hall–Kier alpha value is -1.25. The standard InChI is InChI=1S/C15H19N3O3S/c1-9-5-17-18(7-9)13-14(19)12(11-8-20-15(13)21-11)16-6-10-3-2-4-22-10/h2-5,7,11-16,19H,6,8H2,1H3. The van der Waals surface area contributed by atoms with E-state index in [1.807, 2.05) is 19.2 Å². The van der Waals surface area contributed by atoms with Crippen LogP contribution in [0.4, 0.5) is 0 Å². The number of hydrogen-bond acceptors (Lipinski definition) is 6. The average Bonchev–Trinajstić information content (AvgIpc) is 3.22. The second-order valence-corrected chi connectivity index (χ2v) is 6.87. The van der Waals surface area contributed by atoms with Gasteiger partial charge >= 0.3 is 0 Å². The van der Waals surface area contributed by atoms with E-state index in [1.165, 1.54) is 4.88 Å². The zero-order valence-corrected chi connectivity index (χ0v) is 13.1. The molecule has 118 valence electrons. The van der Waals surface area contributed by atoms with E-state index in [-0.39, 0.29) is 18.2 Å². The van der Waals surface area contributed by atoms with Gasteiger partial charge < -0.3 is 19.9 Å². The van der Waals surface area contributed by atoms with Crippen molar-refractivity contribution in [2.45, 2.75) is 44.1 Å². The minimum Gasteiger partial charge on any atom is -0.389 e. The summed E-state index contributed by atoms with van der Waals surface area (Å²) < 4.78 is 13.4. The summed E-state index contributed by atoms with van der Waals surface area (Å²) in [7, 11) is 0. The van der Waals surface area contributed by atoms with Gasteiger partial charge in [0.25, 0.3) is 0 Å². The van der Waals surface area contributed by atoms with Gasteiger partial charge in [-0.15, -0.1) is 11.3 Å². The van der Waals surface area contributed by atoms with Crippen LogP contribution in [0.3, 0.4) is 0 Å². The number of nitrogens with zero attached hydrogens (tertiary/aromatic N) is 2. The third kappa shape index (κ3) is 2.49. The van der Waals surface area contributed by atoms with E-state index in [0.29, 0.717) is 6.61 Å². The SMILES string of the molecule is Cc1cnn(C2C3OCC(O3)C(NCc3cccs3)C2O)c1. The zero-order valence-electron chi connectivity index (χ0n) is 12.3. The van der Waals surface area contributed by atoms with Gasteiger partial charge in [-0.2, -0.15) is 5.10 Å². The Morgan fingerprint density at radius 3 is 3.18 bits per heavy atom. The first-order valence-electron chi connectivity index (χ1n) is 7.44. The van der Waals surface area contributed by atoms with Crippen molar-refractivity contribution in [3.05, 3.63) is 40.3 Å². The lowest BCUT2D eigenvalue weighted by Gasteiger charge is -2.38. The Morgan fingerprint density at radius 1 is 1.55 bits per heavy atom. The van der Waals surface area contributed by atoms with E-state index < -0.39 is 12.4 Å². The highest BCUT2D eigenvalue weighted by Crippen LogP contribution is 2.35. The largest absolute Gasteiger partial charge is 0.389 e. The third-order valence-electron chi connectivity index (χ3n) is 4.26. The van der Waals surface area contributed by atoms with Crippen LogP contribution in [0.5, 0.6) is 0 Å². The molecular formula is C15H19N3O3S. The molecule has 2 bridgehead atoms. The Balaban J connectivity index is 1.53. The van der Waals surface area contributed by atoms with Crippen LogP contribution >= 0.6 is 11.3 Å². The second-order valence-electron chi connectivity index (χ2n) is 5.84. The van der Waals surface area contributed by atoms with E-state index in [2.05, 4.69) is 21.9 Å². The number of thiophene rings is 1. The molecule has 0 radical (unpaired) electrons. The van der Waals surface area contributed by atoms with Crippen LogP contribution in [0.1, 0.15) is 16.5 Å². The molecule has 2 N–H and O–H groups in total. The Bertz CT molecular complexity index is 630. The predicted molar refractivity (Wildman–Crippen MR) is 81.6 cm³/mol. The number of nitrogens with one attached hydrogen (secondary N) is 1. The molecule has 2 fully saturated rings. The Kier molecular flexibility index (Phi) is 3.75. The zero-order chi connectivity index (χ0) is 15.1. The first kappa shape index (κ1) is 14.3. The maximum Gasteiger partial charge on any atom is 0.183 e. The molecule has 2 aromatic heterocycles. The first-order chi connectivity index (χ1) is 10.7. The van der Waals surface area contributed by atoms with Gasteiger partial charge in [0.1, 0.15) is 12.1 Å². The molecule has 2 aliphatic rings. The highest BCUT2D eigenvalue weighted by atomic mass is 32.1. The van der Waals surface area contributed by atoms with Gasteiger partial charge in [-0.1, -0.05) is 6.07 Å². The van der Waals surface area contributed by atoms with Crippen molar-refractivity contribution in [3.8, 4) is 0 Å². The van der Waals surface area contributed by atoms with E-state index in [1.54, 1.807) is 22.2 Å². The summed E-state index contributed by atoms with van der Waals surface area (Å²) in [5.41, 5.74) is 1.05. The molecule has 2 aromatic rings. The quantitative estimate of drug-likeness (QED) is 0.882. The fraction of sp³-hybridized carbons (Fsp3) is 0.533. The van der Waals surface area contributed by atoms with Gasteiger partial charge in [-0.3, -0.25) is 4.68 Å². The third-order valence-corrected chi connectivity index (χ3v) is 5.14. The minimum absolute atomic E-state index is 0.118. The molecule has 0 aliphatic carbocycles. The van der Waals surface area contributed by atoms with Gasteiger partial charge in [0.05, 0.1) is 24.9 Å². The summed E-state index contributed by atoms with van der Waals surface area (Å²) in [6.45, 7) is 3.19. The van der Waals surface area contributed by atoms with E-state index >= 15 is 0 Å². The lowest BCUT2D eigenvalue weighted by Crippen LogP contribution is -2.57. The molecule has 5 unspecified atom stereocenters. The molecule has 7 heteroatoms. The van der Waals surface area contributed by atoms with Crippen LogP contribution in [-0.2, 0) is 16.0 Å². The highest BCUT2D eigenvalue weighted by Gasteiger charge is 2.51. The number of aliphatic hydroxyl groups excluding tert-OH is 1. The van der Waals surface area contributed by atoms with Crippen LogP contribution in [0.25, 0.3) is 0 Å². The molecule has 0 saturated carbocycles. The lowest BCUT2D eigenvalue weighted by molar-refractivity contribution is -0.168. The molecule has 5 atom stereocenters. The Labute approximate surface area is 132 Å². The number of rotatable bonds is 4. The monoisotopic (exact) mass is 321 g/mol. The number of aromatic nitrogens is 2. The number of ether oxygens (including phenoxy) is 2. The minimum atomic E-state index is -0.606. The molecular weight excluding hydrogens is 302 g/mol. The molecule has 0 spiro atoms. The average molecular weight is 321 g/mol. The summed E-state index contributed by atoms with van der Waals surface area (Å²) >= 11 is 1.70. The van der Waals surface area contributed by atoms with Gasteiger partial charge in [0.15, 0.2) is 6.29 Å². The maximum absolute atomic E-state index is 10.8. The smallest absolute Gasteiger partial charge is 0.183 e. The molecule has 2 saturated heterocycles. The summed E-state index contributed by atoms with van der Waals surface area (Å²) in [4.78, 5) is 1.24. The summed E-state index contributed by atoms with van der Waals surface area (Å²) in [5.74, 6) is 0. The van der Waals surface area contributed by atoms with E-state index in [9.17, 15) is 5.11 Å². The van der Waals surface area contributed by atoms with E-state index in [0.717, 1.165) is 12.1 Å². The molecule has 0 amide bonds. The number of aryl methyl sites for hydroxylation is 1. The molecule has 2 aliphatic heterocycles. The molecule has 0 aromatic carbocycles. The number of fused-ring (bicyclic) bond motifs is 2. The number of hydrogen-bond donors (Lipinski definition) is 2. The van der Waals surface area contributed by atoms with Crippen molar-refractivity contribution >= 4 is 11.3 Å². The van der Waals surface area contributed by atoms with Gasteiger partial charge in [-0.05, 0) is 23.9 Å². The van der Waals surface area contributed by atoms with Crippen LogP contribution in [-0.4, -0.2) is 46.0 Å². The van der Waals surface area contributed by atoms with Gasteiger partial charge in [0.2, 0.25) is 0 Å². The van der Waals surface area contributed by atoms with Crippen molar-refractivity contribution in [2.24, 2.45) is 0 Å². The summed E-state index contributed by atoms with van der Waals surface area (Å²) in [6.07, 6.45) is 2.54. The predicted octanol–water partition coefficient (Wildman–Crippen LogP) is 1.07. The maximum atomic E-state index is 10.8. The summed E-state index contributed by atoms with van der Waals surface area (Å²) in [6, 6.07) is 3.61. The van der Waals surface area contributed by atoms with Crippen molar-refractivity contribution in [1.82, 2.24) is 15.1 Å². The number of aliphatic hydroxyl groups is 1. The molecule has 4 heterocycles. The fourth-order valence-electron chi connectivity index (χ4n) is 3.16. The van der Waals surface area contributed by atoms with E-state index in [4.69, 9.17) is 9.47 Å².